The van der Waals surface area contributed by atoms with E-state index in [-0.39, 0.29) is 17.2 Å². The number of benzene rings is 2. The summed E-state index contributed by atoms with van der Waals surface area (Å²) < 4.78 is 6.61. The summed E-state index contributed by atoms with van der Waals surface area (Å²) in [7, 11) is 0. The maximum atomic E-state index is 12.9. The predicted molar refractivity (Wildman–Crippen MR) is 123 cm³/mol. The third-order valence-corrected chi connectivity index (χ3v) is 6.03. The summed E-state index contributed by atoms with van der Waals surface area (Å²) in [5, 5.41) is 6.00. The van der Waals surface area contributed by atoms with Crippen molar-refractivity contribution in [1.29, 1.82) is 0 Å². The Hall–Kier alpha value is -2.18. The highest BCUT2D eigenvalue weighted by Crippen LogP contribution is 2.35. The van der Waals surface area contributed by atoms with Gasteiger partial charge in [-0.2, -0.15) is 0 Å². The zero-order valence-corrected chi connectivity index (χ0v) is 19.3. The van der Waals surface area contributed by atoms with Crippen LogP contribution in [-0.4, -0.2) is 31.6 Å². The second-order valence-electron chi connectivity index (χ2n) is 8.87. The van der Waals surface area contributed by atoms with Crippen LogP contribution in [0.25, 0.3) is 0 Å². The minimum Gasteiger partial charge on any atom is -0.381 e. The molecule has 0 saturated carbocycles. The van der Waals surface area contributed by atoms with E-state index in [0.717, 1.165) is 17.3 Å². The van der Waals surface area contributed by atoms with E-state index in [0.29, 0.717) is 31.0 Å². The van der Waals surface area contributed by atoms with E-state index in [1.54, 1.807) is 24.3 Å². The zero-order valence-electron chi connectivity index (χ0n) is 17.8. The number of halogens is 1. The third-order valence-electron chi connectivity index (χ3n) is 5.54. The molecule has 0 aromatic heterocycles. The SMILES string of the molecule is CC(C)(C)C(=O)Nc1cccc(C(=O)NCC2(c3cccc(Br)c3)CCOCC2)c1. The van der Waals surface area contributed by atoms with Crippen molar-refractivity contribution in [3.63, 3.8) is 0 Å². The molecule has 0 spiro atoms. The first-order chi connectivity index (χ1) is 14.2. The van der Waals surface area contributed by atoms with E-state index in [1.165, 1.54) is 5.56 Å². The van der Waals surface area contributed by atoms with Crippen molar-refractivity contribution in [2.45, 2.75) is 39.0 Å². The van der Waals surface area contributed by atoms with E-state index in [4.69, 9.17) is 4.74 Å². The first-order valence-corrected chi connectivity index (χ1v) is 11.0. The molecule has 1 saturated heterocycles. The van der Waals surface area contributed by atoms with E-state index in [2.05, 4.69) is 38.7 Å². The quantitative estimate of drug-likeness (QED) is 0.649. The van der Waals surface area contributed by atoms with Gasteiger partial charge in [0.15, 0.2) is 0 Å². The lowest BCUT2D eigenvalue weighted by Gasteiger charge is -2.38. The molecule has 0 radical (unpaired) electrons. The molecule has 2 amide bonds. The minimum atomic E-state index is -0.502. The van der Waals surface area contributed by atoms with Gasteiger partial charge in [0.2, 0.25) is 5.91 Å². The molecule has 2 N–H and O–H groups in total. The van der Waals surface area contributed by atoms with Crippen molar-refractivity contribution >= 4 is 33.4 Å². The van der Waals surface area contributed by atoms with Crippen LogP contribution in [0.3, 0.4) is 0 Å². The van der Waals surface area contributed by atoms with E-state index in [9.17, 15) is 9.59 Å². The molecule has 1 heterocycles. The Morgan fingerprint density at radius 1 is 1.07 bits per heavy atom. The molecule has 1 fully saturated rings. The van der Waals surface area contributed by atoms with Crippen molar-refractivity contribution < 1.29 is 14.3 Å². The summed E-state index contributed by atoms with van der Waals surface area (Å²) in [6, 6.07) is 15.3. The van der Waals surface area contributed by atoms with Crippen LogP contribution in [0.5, 0.6) is 0 Å². The van der Waals surface area contributed by atoms with Gasteiger partial charge in [-0.15, -0.1) is 0 Å². The fourth-order valence-electron chi connectivity index (χ4n) is 3.56. The monoisotopic (exact) mass is 472 g/mol. The van der Waals surface area contributed by atoms with Gasteiger partial charge < -0.3 is 15.4 Å². The smallest absolute Gasteiger partial charge is 0.251 e. The molecule has 6 heteroatoms. The van der Waals surface area contributed by atoms with Gasteiger partial charge >= 0.3 is 0 Å². The minimum absolute atomic E-state index is 0.0872. The number of carbonyl (C=O) groups is 2. The van der Waals surface area contributed by atoms with Crippen molar-refractivity contribution in [2.75, 3.05) is 25.1 Å². The number of amides is 2. The molecular weight excluding hydrogens is 444 g/mol. The van der Waals surface area contributed by atoms with Gasteiger partial charge in [0.05, 0.1) is 0 Å². The number of hydrogen-bond acceptors (Lipinski definition) is 3. The van der Waals surface area contributed by atoms with E-state index in [1.807, 2.05) is 32.9 Å². The molecule has 0 atom stereocenters. The van der Waals surface area contributed by atoms with Crippen LogP contribution in [0.2, 0.25) is 0 Å². The molecule has 5 nitrogen and oxygen atoms in total. The molecule has 0 unspecified atom stereocenters. The maximum absolute atomic E-state index is 12.9. The van der Waals surface area contributed by atoms with Gasteiger partial charge in [-0.05, 0) is 48.7 Å². The number of rotatable bonds is 5. The molecule has 2 aromatic carbocycles. The number of hydrogen-bond donors (Lipinski definition) is 2. The van der Waals surface area contributed by atoms with Gasteiger partial charge in [0.1, 0.15) is 0 Å². The van der Waals surface area contributed by atoms with Gasteiger partial charge in [-0.25, -0.2) is 0 Å². The maximum Gasteiger partial charge on any atom is 0.251 e. The highest BCUT2D eigenvalue weighted by molar-refractivity contribution is 9.10. The number of anilines is 1. The van der Waals surface area contributed by atoms with Crippen LogP contribution >= 0.6 is 15.9 Å². The highest BCUT2D eigenvalue weighted by Gasteiger charge is 2.35. The fraction of sp³-hybridized carbons (Fsp3) is 0.417. The lowest BCUT2D eigenvalue weighted by molar-refractivity contribution is -0.123. The topological polar surface area (TPSA) is 67.4 Å². The summed E-state index contributed by atoms with van der Waals surface area (Å²) in [5.74, 6) is -0.237. The normalized spacial score (nSPS) is 16.0. The highest BCUT2D eigenvalue weighted by atomic mass is 79.9. The predicted octanol–water partition coefficient (Wildman–Crippen LogP) is 4.91. The first kappa shape index (κ1) is 22.5. The Balaban J connectivity index is 1.73. The van der Waals surface area contributed by atoms with Gasteiger partial charge in [0.25, 0.3) is 5.91 Å². The standard InChI is InChI=1S/C24H29BrN2O3/c1-23(2,3)22(29)27-20-9-4-6-17(14-20)21(28)26-16-24(10-12-30-13-11-24)18-7-5-8-19(25)15-18/h4-9,14-15H,10-13,16H2,1-3H3,(H,26,28)(H,27,29). The Morgan fingerprint density at radius 3 is 2.43 bits per heavy atom. The average Bonchev–Trinajstić information content (AvgIpc) is 2.72. The van der Waals surface area contributed by atoms with Crippen LogP contribution in [0.1, 0.15) is 49.5 Å². The summed E-state index contributed by atoms with van der Waals surface area (Å²) in [6.45, 7) is 7.45. The molecular formula is C24H29BrN2O3. The molecule has 0 aliphatic carbocycles. The van der Waals surface area contributed by atoms with Gasteiger partial charge in [0, 0.05) is 46.3 Å². The second kappa shape index (κ2) is 9.31. The number of nitrogens with one attached hydrogen (secondary N) is 2. The summed E-state index contributed by atoms with van der Waals surface area (Å²) in [5.41, 5.74) is 1.69. The molecule has 1 aliphatic rings. The molecule has 30 heavy (non-hydrogen) atoms. The van der Waals surface area contributed by atoms with Gasteiger partial charge in [-0.3, -0.25) is 9.59 Å². The fourth-order valence-corrected chi connectivity index (χ4v) is 3.96. The zero-order chi connectivity index (χ0) is 21.8. The van der Waals surface area contributed by atoms with Crippen molar-refractivity contribution in [3.05, 3.63) is 64.1 Å². The van der Waals surface area contributed by atoms with Crippen LogP contribution < -0.4 is 10.6 Å². The molecule has 1 aliphatic heterocycles. The molecule has 3 rings (SSSR count). The van der Waals surface area contributed by atoms with Crippen molar-refractivity contribution in [2.24, 2.45) is 5.41 Å². The number of carbonyl (C=O) groups excluding carboxylic acids is 2. The third kappa shape index (κ3) is 5.49. The van der Waals surface area contributed by atoms with Crippen molar-refractivity contribution in [3.8, 4) is 0 Å². The summed E-state index contributed by atoms with van der Waals surface area (Å²) in [6.07, 6.45) is 1.71. The summed E-state index contributed by atoms with van der Waals surface area (Å²) in [4.78, 5) is 25.1. The Labute approximate surface area is 186 Å². The van der Waals surface area contributed by atoms with Crippen LogP contribution in [0.4, 0.5) is 5.69 Å². The largest absolute Gasteiger partial charge is 0.381 e. The lowest BCUT2D eigenvalue weighted by Crippen LogP contribution is -2.44. The van der Waals surface area contributed by atoms with Crippen LogP contribution in [0.15, 0.2) is 53.0 Å². The molecule has 160 valence electrons. The summed E-state index contributed by atoms with van der Waals surface area (Å²) >= 11 is 3.56. The lowest BCUT2D eigenvalue weighted by atomic mass is 9.74. The van der Waals surface area contributed by atoms with Crippen molar-refractivity contribution in [1.82, 2.24) is 5.32 Å². The average molecular weight is 473 g/mol. The molecule has 0 bridgehead atoms. The van der Waals surface area contributed by atoms with Crippen LogP contribution in [-0.2, 0) is 14.9 Å². The Kier molecular flexibility index (Phi) is 6.98. The van der Waals surface area contributed by atoms with Gasteiger partial charge in [-0.1, -0.05) is 54.9 Å². The Morgan fingerprint density at radius 2 is 1.77 bits per heavy atom. The first-order valence-electron chi connectivity index (χ1n) is 10.2. The van der Waals surface area contributed by atoms with Crippen LogP contribution in [0, 0.1) is 5.41 Å². The Bertz CT molecular complexity index is 915. The number of ether oxygens (including phenoxy) is 1. The van der Waals surface area contributed by atoms with E-state index >= 15 is 0 Å². The van der Waals surface area contributed by atoms with E-state index < -0.39 is 5.41 Å². The molecule has 2 aromatic rings. The second-order valence-corrected chi connectivity index (χ2v) is 9.79.